The summed E-state index contributed by atoms with van der Waals surface area (Å²) in [6, 6.07) is 19.8. The molecule has 0 radical (unpaired) electrons. The van der Waals surface area contributed by atoms with Gasteiger partial charge in [-0.05, 0) is 54.6 Å². The fourth-order valence-corrected chi connectivity index (χ4v) is 3.58. The summed E-state index contributed by atoms with van der Waals surface area (Å²) in [4.78, 5) is 1.23. The normalized spacial score (nSPS) is 15.6. The maximum absolute atomic E-state index is 3.70. The molecule has 0 spiro atoms. The van der Waals surface area contributed by atoms with E-state index >= 15 is 0 Å². The molecule has 1 aliphatic rings. The number of benzene rings is 2. The van der Waals surface area contributed by atoms with Crippen molar-refractivity contribution in [2.24, 2.45) is 0 Å². The van der Waals surface area contributed by atoms with Gasteiger partial charge in [0.25, 0.3) is 0 Å². The molecule has 2 N–H and O–H groups in total. The van der Waals surface area contributed by atoms with Crippen LogP contribution in [-0.4, -0.2) is 6.04 Å². The Morgan fingerprint density at radius 2 is 1.73 bits per heavy atom. The molecule has 1 fully saturated rings. The Morgan fingerprint density at radius 1 is 0.909 bits per heavy atom. The summed E-state index contributed by atoms with van der Waals surface area (Å²) in [5, 5.41) is 3.70. The molecule has 3 heteroatoms. The molecule has 0 amide bonds. The van der Waals surface area contributed by atoms with Crippen LogP contribution in [0.5, 0.6) is 0 Å². The lowest BCUT2D eigenvalue weighted by atomic mass is 9.95. The lowest BCUT2D eigenvalue weighted by Crippen LogP contribution is -2.30. The van der Waals surface area contributed by atoms with Gasteiger partial charge in [-0.15, -0.1) is 0 Å². The molecule has 0 aromatic heterocycles. The standard InChI is InChI=1S/C19H24N2S/c1-3-9-17(10-4-1)20-15-16-8-7-11-18(14-16)21-22-19-12-5-2-6-13-19/h2,5-8,11-14,17,20-21H,1,3-4,9-10,15H2. The van der Waals surface area contributed by atoms with E-state index in [4.69, 9.17) is 0 Å². The minimum absolute atomic E-state index is 0.712. The van der Waals surface area contributed by atoms with E-state index in [9.17, 15) is 0 Å². The molecular weight excluding hydrogens is 288 g/mol. The van der Waals surface area contributed by atoms with E-state index in [0.717, 1.165) is 12.2 Å². The second kappa shape index (κ2) is 8.25. The SMILES string of the molecule is c1ccc(SNc2cccc(CNC3CCCCC3)c2)cc1. The van der Waals surface area contributed by atoms with E-state index in [1.807, 2.05) is 6.07 Å². The maximum atomic E-state index is 3.70. The van der Waals surface area contributed by atoms with Crippen molar-refractivity contribution in [3.8, 4) is 0 Å². The van der Waals surface area contributed by atoms with Crippen LogP contribution in [0.2, 0.25) is 0 Å². The van der Waals surface area contributed by atoms with Crippen LogP contribution in [0.4, 0.5) is 5.69 Å². The quantitative estimate of drug-likeness (QED) is 0.714. The molecule has 1 aliphatic carbocycles. The number of hydrogen-bond donors (Lipinski definition) is 2. The number of hydrogen-bond acceptors (Lipinski definition) is 3. The van der Waals surface area contributed by atoms with Crippen LogP contribution < -0.4 is 10.0 Å². The Labute approximate surface area is 137 Å². The smallest absolute Gasteiger partial charge is 0.0446 e. The molecule has 3 rings (SSSR count). The van der Waals surface area contributed by atoms with Crippen LogP contribution in [0.15, 0.2) is 59.5 Å². The molecule has 2 nitrogen and oxygen atoms in total. The average molecular weight is 312 g/mol. The molecule has 0 saturated heterocycles. The first kappa shape index (κ1) is 15.4. The highest BCUT2D eigenvalue weighted by molar-refractivity contribution is 8.00. The van der Waals surface area contributed by atoms with Gasteiger partial charge in [0, 0.05) is 23.2 Å². The summed E-state index contributed by atoms with van der Waals surface area (Å²) in [7, 11) is 0. The van der Waals surface area contributed by atoms with Crippen molar-refractivity contribution in [1.82, 2.24) is 5.32 Å². The second-order valence-electron chi connectivity index (χ2n) is 5.93. The topological polar surface area (TPSA) is 24.1 Å². The predicted octanol–water partition coefficient (Wildman–Crippen LogP) is 5.23. The molecule has 116 valence electrons. The van der Waals surface area contributed by atoms with Gasteiger partial charge in [-0.25, -0.2) is 0 Å². The summed E-state index contributed by atoms with van der Waals surface area (Å²) >= 11 is 1.66. The third-order valence-corrected chi connectivity index (χ3v) is 5.00. The highest BCUT2D eigenvalue weighted by Crippen LogP contribution is 2.22. The minimum atomic E-state index is 0.712. The molecule has 2 aromatic carbocycles. The molecular formula is C19H24N2S. The van der Waals surface area contributed by atoms with Crippen LogP contribution in [0.1, 0.15) is 37.7 Å². The van der Waals surface area contributed by atoms with E-state index in [1.54, 1.807) is 11.9 Å². The van der Waals surface area contributed by atoms with E-state index in [-0.39, 0.29) is 0 Å². The highest BCUT2D eigenvalue weighted by atomic mass is 32.2. The lowest BCUT2D eigenvalue weighted by molar-refractivity contribution is 0.372. The monoisotopic (exact) mass is 312 g/mol. The van der Waals surface area contributed by atoms with Crippen molar-refractivity contribution >= 4 is 17.6 Å². The van der Waals surface area contributed by atoms with Crippen molar-refractivity contribution in [1.29, 1.82) is 0 Å². The van der Waals surface area contributed by atoms with Crippen molar-refractivity contribution in [3.05, 3.63) is 60.2 Å². The molecule has 1 saturated carbocycles. The molecule has 0 atom stereocenters. The fraction of sp³-hybridized carbons (Fsp3) is 0.368. The summed E-state index contributed by atoms with van der Waals surface area (Å²) in [6.07, 6.45) is 6.85. The summed E-state index contributed by atoms with van der Waals surface area (Å²) in [6.45, 7) is 0.968. The van der Waals surface area contributed by atoms with Gasteiger partial charge in [0.1, 0.15) is 0 Å². The third-order valence-electron chi connectivity index (χ3n) is 4.16. The Morgan fingerprint density at radius 3 is 2.55 bits per heavy atom. The van der Waals surface area contributed by atoms with Crippen LogP contribution in [0.3, 0.4) is 0 Å². The van der Waals surface area contributed by atoms with Crippen LogP contribution in [-0.2, 0) is 6.54 Å². The van der Waals surface area contributed by atoms with E-state index < -0.39 is 0 Å². The van der Waals surface area contributed by atoms with E-state index in [2.05, 4.69) is 58.6 Å². The average Bonchev–Trinajstić information content (AvgIpc) is 2.60. The van der Waals surface area contributed by atoms with Crippen LogP contribution in [0.25, 0.3) is 0 Å². The molecule has 2 aromatic rings. The van der Waals surface area contributed by atoms with Crippen molar-refractivity contribution < 1.29 is 0 Å². The number of anilines is 1. The highest BCUT2D eigenvalue weighted by Gasteiger charge is 2.12. The first-order chi connectivity index (χ1) is 10.9. The fourth-order valence-electron chi connectivity index (χ4n) is 2.92. The summed E-state index contributed by atoms with van der Waals surface area (Å²) < 4.78 is 3.43. The molecule has 22 heavy (non-hydrogen) atoms. The zero-order valence-corrected chi connectivity index (χ0v) is 13.7. The van der Waals surface area contributed by atoms with Crippen molar-refractivity contribution in [2.45, 2.75) is 49.6 Å². The van der Waals surface area contributed by atoms with E-state index in [0.29, 0.717) is 6.04 Å². The van der Waals surface area contributed by atoms with Gasteiger partial charge in [0.2, 0.25) is 0 Å². The zero-order chi connectivity index (χ0) is 15.0. The van der Waals surface area contributed by atoms with Crippen molar-refractivity contribution in [3.63, 3.8) is 0 Å². The Hall–Kier alpha value is -1.45. The van der Waals surface area contributed by atoms with Gasteiger partial charge in [-0.2, -0.15) is 0 Å². The second-order valence-corrected chi connectivity index (χ2v) is 6.81. The van der Waals surface area contributed by atoms with E-state index in [1.165, 1.54) is 42.6 Å². The molecule has 0 aliphatic heterocycles. The van der Waals surface area contributed by atoms with Gasteiger partial charge < -0.3 is 10.0 Å². The Kier molecular flexibility index (Phi) is 5.79. The Balaban J connectivity index is 1.51. The molecule has 0 bridgehead atoms. The molecule has 0 unspecified atom stereocenters. The molecule has 0 heterocycles. The number of nitrogens with one attached hydrogen (secondary N) is 2. The first-order valence-corrected chi connectivity index (χ1v) is 9.02. The van der Waals surface area contributed by atoms with Gasteiger partial charge >= 0.3 is 0 Å². The summed E-state index contributed by atoms with van der Waals surface area (Å²) in [5.41, 5.74) is 2.51. The third kappa shape index (κ3) is 4.79. The predicted molar refractivity (Wildman–Crippen MR) is 96.1 cm³/mol. The minimum Gasteiger partial charge on any atom is -0.326 e. The summed E-state index contributed by atoms with van der Waals surface area (Å²) in [5.74, 6) is 0. The maximum Gasteiger partial charge on any atom is 0.0446 e. The zero-order valence-electron chi connectivity index (χ0n) is 12.9. The van der Waals surface area contributed by atoms with Gasteiger partial charge in [-0.3, -0.25) is 0 Å². The lowest BCUT2D eigenvalue weighted by Gasteiger charge is -2.23. The first-order valence-electron chi connectivity index (χ1n) is 8.20. The van der Waals surface area contributed by atoms with Gasteiger partial charge in [-0.1, -0.05) is 49.6 Å². The van der Waals surface area contributed by atoms with Crippen molar-refractivity contribution in [2.75, 3.05) is 4.72 Å². The number of rotatable bonds is 6. The van der Waals surface area contributed by atoms with Gasteiger partial charge in [0.15, 0.2) is 0 Å². The largest absolute Gasteiger partial charge is 0.326 e. The van der Waals surface area contributed by atoms with Crippen LogP contribution >= 0.6 is 11.9 Å². The van der Waals surface area contributed by atoms with Crippen LogP contribution in [0, 0.1) is 0 Å². The van der Waals surface area contributed by atoms with Gasteiger partial charge in [0.05, 0.1) is 0 Å². The Bertz CT molecular complexity index is 565.